The number of aromatic nitrogens is 2. The third-order valence-electron chi connectivity index (χ3n) is 4.04. The van der Waals surface area contributed by atoms with Crippen molar-refractivity contribution >= 4 is 5.97 Å². The highest BCUT2D eigenvalue weighted by Crippen LogP contribution is 2.11. The zero-order valence-corrected chi connectivity index (χ0v) is 14.0. The molecule has 0 saturated heterocycles. The van der Waals surface area contributed by atoms with Crippen LogP contribution in [0.4, 0.5) is 0 Å². The molecule has 0 spiro atoms. The van der Waals surface area contributed by atoms with Gasteiger partial charge in [0.15, 0.2) is 0 Å². The number of benzene rings is 1. The van der Waals surface area contributed by atoms with Gasteiger partial charge in [-0.15, -0.1) is 0 Å². The molecule has 1 heterocycles. The number of carbonyl (C=O) groups is 1. The molecule has 0 aliphatic heterocycles. The van der Waals surface area contributed by atoms with Crippen molar-refractivity contribution in [2.24, 2.45) is 0 Å². The van der Waals surface area contributed by atoms with Crippen LogP contribution in [0.2, 0.25) is 0 Å². The summed E-state index contributed by atoms with van der Waals surface area (Å²) >= 11 is 0. The summed E-state index contributed by atoms with van der Waals surface area (Å²) in [5.41, 5.74) is -0.424. The summed E-state index contributed by atoms with van der Waals surface area (Å²) in [6.45, 7) is 7.13. The van der Waals surface area contributed by atoms with Crippen LogP contribution >= 0.6 is 0 Å². The van der Waals surface area contributed by atoms with Gasteiger partial charge in [-0.3, -0.25) is 9.69 Å². The van der Waals surface area contributed by atoms with Crippen LogP contribution < -0.4 is 11.2 Å². The molecule has 0 aliphatic rings. The lowest BCUT2D eigenvalue weighted by Gasteiger charge is -2.19. The van der Waals surface area contributed by atoms with Gasteiger partial charge in [-0.2, -0.15) is 0 Å². The Morgan fingerprint density at radius 3 is 2.38 bits per heavy atom. The van der Waals surface area contributed by atoms with Gasteiger partial charge in [0, 0.05) is 6.54 Å². The Kier molecular flexibility index (Phi) is 5.35. The smallest absolute Gasteiger partial charge is 0.352 e. The Hall–Kier alpha value is -2.67. The molecular formula is C17H21N3O4. The Bertz CT molecular complexity index is 863. The zero-order valence-electron chi connectivity index (χ0n) is 14.0. The molecular weight excluding hydrogens is 310 g/mol. The van der Waals surface area contributed by atoms with Crippen molar-refractivity contribution in [2.45, 2.75) is 27.3 Å². The third kappa shape index (κ3) is 3.30. The normalized spacial score (nSPS) is 11.0. The van der Waals surface area contributed by atoms with E-state index in [2.05, 4.69) is 4.98 Å². The standard InChI is InChI=1S/C17H21N3O4/c1-4-19(5-2)10-12-14(16(22)23)18-17(24)20(15(12)21)13-9-7-6-8-11(13)3/h6-9H,4-5,10H2,1-3H3,(H,18,24)(H,22,23). The second-order valence-electron chi connectivity index (χ2n) is 5.48. The van der Waals surface area contributed by atoms with Crippen LogP contribution in [0.5, 0.6) is 0 Å². The summed E-state index contributed by atoms with van der Waals surface area (Å²) in [6, 6.07) is 6.98. The first-order valence-electron chi connectivity index (χ1n) is 7.80. The van der Waals surface area contributed by atoms with Gasteiger partial charge < -0.3 is 10.1 Å². The van der Waals surface area contributed by atoms with Crippen LogP contribution in [0.15, 0.2) is 33.9 Å². The number of carboxylic acid groups (broad SMARTS) is 1. The minimum Gasteiger partial charge on any atom is -0.477 e. The molecule has 0 radical (unpaired) electrons. The molecule has 0 fully saturated rings. The maximum Gasteiger partial charge on any atom is 0.352 e. The molecule has 0 saturated carbocycles. The fraction of sp³-hybridized carbons (Fsp3) is 0.353. The number of carboxylic acids is 1. The molecule has 1 aromatic heterocycles. The van der Waals surface area contributed by atoms with Gasteiger partial charge in [0.2, 0.25) is 0 Å². The third-order valence-corrected chi connectivity index (χ3v) is 4.04. The van der Waals surface area contributed by atoms with E-state index in [1.165, 1.54) is 0 Å². The van der Waals surface area contributed by atoms with E-state index in [9.17, 15) is 19.5 Å². The Morgan fingerprint density at radius 2 is 1.83 bits per heavy atom. The van der Waals surface area contributed by atoms with Gasteiger partial charge in [-0.1, -0.05) is 32.0 Å². The van der Waals surface area contributed by atoms with Crippen LogP contribution in [0.25, 0.3) is 5.69 Å². The lowest BCUT2D eigenvalue weighted by atomic mass is 10.1. The number of hydrogen-bond acceptors (Lipinski definition) is 4. The van der Waals surface area contributed by atoms with Gasteiger partial charge in [-0.25, -0.2) is 14.2 Å². The first-order chi connectivity index (χ1) is 11.4. The highest BCUT2D eigenvalue weighted by molar-refractivity contribution is 5.86. The van der Waals surface area contributed by atoms with Gasteiger partial charge in [0.25, 0.3) is 5.56 Å². The highest BCUT2D eigenvalue weighted by Gasteiger charge is 2.21. The molecule has 7 heteroatoms. The van der Waals surface area contributed by atoms with E-state index in [0.717, 1.165) is 10.1 Å². The van der Waals surface area contributed by atoms with Gasteiger partial charge in [0.05, 0.1) is 11.3 Å². The largest absolute Gasteiger partial charge is 0.477 e. The van der Waals surface area contributed by atoms with Crippen molar-refractivity contribution in [3.8, 4) is 5.69 Å². The molecule has 0 aliphatic carbocycles. The summed E-state index contributed by atoms with van der Waals surface area (Å²) < 4.78 is 1.00. The maximum absolute atomic E-state index is 12.9. The predicted octanol–water partition coefficient (Wildman–Crippen LogP) is 1.37. The minimum absolute atomic E-state index is 0.0778. The molecule has 2 rings (SSSR count). The quantitative estimate of drug-likeness (QED) is 0.833. The Balaban J connectivity index is 2.76. The fourth-order valence-electron chi connectivity index (χ4n) is 2.61. The van der Waals surface area contributed by atoms with Crippen LogP contribution in [0, 0.1) is 6.92 Å². The molecule has 7 nitrogen and oxygen atoms in total. The average molecular weight is 331 g/mol. The highest BCUT2D eigenvalue weighted by atomic mass is 16.4. The van der Waals surface area contributed by atoms with Crippen LogP contribution in [0.3, 0.4) is 0 Å². The maximum atomic E-state index is 12.9. The second kappa shape index (κ2) is 7.27. The minimum atomic E-state index is -1.32. The molecule has 0 unspecified atom stereocenters. The Morgan fingerprint density at radius 1 is 1.21 bits per heavy atom. The number of nitrogens with zero attached hydrogens (tertiary/aromatic N) is 2. The van der Waals surface area contributed by atoms with Gasteiger partial charge >= 0.3 is 11.7 Å². The summed E-state index contributed by atoms with van der Waals surface area (Å²) in [5, 5.41) is 9.35. The van der Waals surface area contributed by atoms with Crippen LogP contribution in [-0.2, 0) is 6.54 Å². The van der Waals surface area contributed by atoms with E-state index >= 15 is 0 Å². The summed E-state index contributed by atoms with van der Waals surface area (Å²) in [5.74, 6) is -1.32. The first-order valence-corrected chi connectivity index (χ1v) is 7.80. The Labute approximate surface area is 139 Å². The summed E-state index contributed by atoms with van der Waals surface area (Å²) in [7, 11) is 0. The summed E-state index contributed by atoms with van der Waals surface area (Å²) in [4.78, 5) is 40.9. The predicted molar refractivity (Wildman–Crippen MR) is 91.0 cm³/mol. The molecule has 1 aromatic carbocycles. The second-order valence-corrected chi connectivity index (χ2v) is 5.48. The number of para-hydroxylation sites is 1. The topological polar surface area (TPSA) is 95.4 Å². The number of rotatable bonds is 6. The number of aromatic carboxylic acids is 1. The van der Waals surface area contributed by atoms with E-state index in [4.69, 9.17) is 0 Å². The van der Waals surface area contributed by atoms with Crippen LogP contribution in [0.1, 0.15) is 35.5 Å². The molecule has 24 heavy (non-hydrogen) atoms. The van der Waals surface area contributed by atoms with E-state index in [1.807, 2.05) is 18.7 Å². The first kappa shape index (κ1) is 17.7. The van der Waals surface area contributed by atoms with E-state index in [1.54, 1.807) is 31.2 Å². The van der Waals surface area contributed by atoms with E-state index in [-0.39, 0.29) is 17.8 Å². The SMILES string of the molecule is CCN(CC)Cc1c(C(=O)O)[nH]c(=O)n(-c2ccccc2C)c1=O. The number of hydrogen-bond donors (Lipinski definition) is 2. The number of H-pyrrole nitrogens is 1. The molecule has 2 aromatic rings. The monoisotopic (exact) mass is 331 g/mol. The summed E-state index contributed by atoms with van der Waals surface area (Å²) in [6.07, 6.45) is 0. The zero-order chi connectivity index (χ0) is 17.9. The van der Waals surface area contributed by atoms with Crippen molar-refractivity contribution < 1.29 is 9.90 Å². The molecule has 0 bridgehead atoms. The van der Waals surface area contributed by atoms with Crippen LogP contribution in [-0.4, -0.2) is 38.6 Å². The number of aromatic amines is 1. The number of aryl methyl sites for hydroxylation is 1. The molecule has 0 atom stereocenters. The molecule has 0 amide bonds. The lowest BCUT2D eigenvalue weighted by molar-refractivity contribution is 0.0686. The van der Waals surface area contributed by atoms with Crippen molar-refractivity contribution in [3.63, 3.8) is 0 Å². The van der Waals surface area contributed by atoms with Gasteiger partial charge in [0.1, 0.15) is 5.69 Å². The van der Waals surface area contributed by atoms with Crippen molar-refractivity contribution in [1.29, 1.82) is 0 Å². The van der Waals surface area contributed by atoms with Crippen molar-refractivity contribution in [3.05, 3.63) is 61.9 Å². The van der Waals surface area contributed by atoms with Crippen molar-refractivity contribution in [1.82, 2.24) is 14.5 Å². The molecule has 128 valence electrons. The van der Waals surface area contributed by atoms with Gasteiger partial charge in [-0.05, 0) is 31.6 Å². The molecule has 2 N–H and O–H groups in total. The average Bonchev–Trinajstić information content (AvgIpc) is 2.55. The lowest BCUT2D eigenvalue weighted by Crippen LogP contribution is -2.40. The van der Waals surface area contributed by atoms with Crippen molar-refractivity contribution in [2.75, 3.05) is 13.1 Å². The number of nitrogens with one attached hydrogen (secondary N) is 1. The fourth-order valence-corrected chi connectivity index (χ4v) is 2.61. The van der Waals surface area contributed by atoms with E-state index < -0.39 is 17.2 Å². The van der Waals surface area contributed by atoms with E-state index in [0.29, 0.717) is 18.8 Å².